The smallest absolute Gasteiger partial charge is 0.0516 e. The summed E-state index contributed by atoms with van der Waals surface area (Å²) >= 11 is 0. The van der Waals surface area contributed by atoms with Crippen molar-refractivity contribution in [2.75, 3.05) is 31.3 Å². The summed E-state index contributed by atoms with van der Waals surface area (Å²) < 4.78 is 0. The summed E-state index contributed by atoms with van der Waals surface area (Å²) in [6.07, 6.45) is 0. The average Bonchev–Trinajstić information content (AvgIpc) is 2.68. The van der Waals surface area contributed by atoms with Gasteiger partial charge in [0, 0.05) is 72.9 Å². The van der Waals surface area contributed by atoms with Gasteiger partial charge in [0.25, 0.3) is 0 Å². The fraction of sp³-hybridized carbons (Fsp3) is 1.00. The van der Waals surface area contributed by atoms with E-state index in [2.05, 4.69) is 130 Å². The minimum absolute atomic E-state index is 0. The maximum Gasteiger partial charge on any atom is 0.0516 e. The van der Waals surface area contributed by atoms with Crippen LogP contribution >= 0.6 is 21.6 Å². The van der Waals surface area contributed by atoms with Gasteiger partial charge >= 0.3 is 0 Å². The summed E-state index contributed by atoms with van der Waals surface area (Å²) in [5.41, 5.74) is 0. The van der Waals surface area contributed by atoms with Crippen molar-refractivity contribution in [3.05, 3.63) is 0 Å². The molecule has 0 aliphatic rings. The van der Waals surface area contributed by atoms with E-state index >= 15 is 0 Å². The summed E-state index contributed by atoms with van der Waals surface area (Å²) in [5, 5.41) is 0. The van der Waals surface area contributed by atoms with E-state index in [-0.39, 0.29) is 14.9 Å². The van der Waals surface area contributed by atoms with Crippen LogP contribution in [0.5, 0.6) is 0 Å². The minimum atomic E-state index is 0. The third kappa shape index (κ3) is 21.0. The molecular weight excluding hydrogens is 493 g/mol. The highest BCUT2D eigenvalue weighted by Gasteiger charge is 2.20. The van der Waals surface area contributed by atoms with E-state index in [0.29, 0.717) is 48.3 Å². The van der Waals surface area contributed by atoms with Crippen molar-refractivity contribution < 1.29 is 0 Å². The Kier molecular flexibility index (Phi) is 29.3. The van der Waals surface area contributed by atoms with E-state index in [4.69, 9.17) is 0 Å². The quantitative estimate of drug-likeness (QED) is 0.0982. The zero-order chi connectivity index (χ0) is 27.9. The van der Waals surface area contributed by atoms with Crippen molar-refractivity contribution in [1.29, 1.82) is 0 Å². The van der Waals surface area contributed by atoms with Gasteiger partial charge in [-0.25, -0.2) is 0 Å². The minimum Gasteiger partial charge on any atom is -0.298 e. The highest BCUT2D eigenvalue weighted by molar-refractivity contribution is 8.76. The lowest BCUT2D eigenvalue weighted by molar-refractivity contribution is 0.0401. The van der Waals surface area contributed by atoms with Crippen LogP contribution in [0.3, 0.4) is 0 Å². The van der Waals surface area contributed by atoms with Gasteiger partial charge in [0.1, 0.15) is 0 Å². The molecule has 0 aliphatic carbocycles. The topological polar surface area (TPSA) is 13.0 Å². The summed E-state index contributed by atoms with van der Waals surface area (Å²) in [4.78, 5) is 10.2. The number of nitrogens with zero attached hydrogens (tertiary/aromatic N) is 4. The third-order valence-corrected chi connectivity index (χ3v) is 8.95. The van der Waals surface area contributed by atoms with E-state index in [9.17, 15) is 0 Å². The molecule has 0 bridgehead atoms. The first kappa shape index (κ1) is 44.6. The predicted octanol–water partition coefficient (Wildman–Crippen LogP) is 9.06. The standard InChI is InChI=1S/C16H36N2S2.C13H30N2.2CH4/c1-13(2)17(14(3)4)9-11-19-20-12-10-18(15(5)6)16(7)8;1-10(2)14(11(3)4)9-15(12(5)6)13(7)8;;/h13-16H,9-12H2,1-8H3;10-13H,9H2,1-8H3;2*1H4. The predicted molar refractivity (Wildman–Crippen MR) is 181 cm³/mol. The third-order valence-electron chi connectivity index (χ3n) is 6.58. The maximum absolute atomic E-state index is 2.57. The average molecular weight is 567 g/mol. The molecule has 0 aliphatic heterocycles. The Balaban J connectivity index is -0.000000289. The molecule has 0 heterocycles. The molecule has 0 aromatic rings. The van der Waals surface area contributed by atoms with Gasteiger partial charge in [-0.05, 0) is 111 Å². The molecule has 0 spiro atoms. The molecule has 4 nitrogen and oxygen atoms in total. The second kappa shape index (κ2) is 24.3. The van der Waals surface area contributed by atoms with Gasteiger partial charge in [0.2, 0.25) is 0 Å². The Bertz CT molecular complexity index is 406. The normalized spacial score (nSPS) is 12.3. The summed E-state index contributed by atoms with van der Waals surface area (Å²) in [7, 11) is 4.06. The fourth-order valence-corrected chi connectivity index (χ4v) is 6.62. The second-order valence-corrected chi connectivity index (χ2v) is 14.7. The molecule has 0 saturated heterocycles. The number of hydrogen-bond donors (Lipinski definition) is 0. The molecule has 0 rings (SSSR count). The molecule has 0 aromatic heterocycles. The largest absolute Gasteiger partial charge is 0.298 e. The molecule has 0 amide bonds. The molecule has 0 unspecified atom stereocenters. The van der Waals surface area contributed by atoms with Gasteiger partial charge in [0.05, 0.1) is 6.67 Å². The van der Waals surface area contributed by atoms with E-state index in [1.54, 1.807) is 0 Å². The molecule has 0 saturated carbocycles. The van der Waals surface area contributed by atoms with Crippen molar-refractivity contribution in [1.82, 2.24) is 19.6 Å². The fourth-order valence-electron chi connectivity index (χ4n) is 4.66. The van der Waals surface area contributed by atoms with Crippen molar-refractivity contribution in [3.63, 3.8) is 0 Å². The van der Waals surface area contributed by atoms with Crippen LogP contribution in [-0.2, 0) is 0 Å². The van der Waals surface area contributed by atoms with Crippen LogP contribution in [0.15, 0.2) is 0 Å². The zero-order valence-electron chi connectivity index (χ0n) is 26.8. The van der Waals surface area contributed by atoms with Crippen molar-refractivity contribution >= 4 is 21.6 Å². The van der Waals surface area contributed by atoms with Gasteiger partial charge in [-0.2, -0.15) is 0 Å². The molecule has 6 heteroatoms. The first-order valence-electron chi connectivity index (χ1n) is 14.3. The Morgan fingerprint density at radius 3 is 0.703 bits per heavy atom. The summed E-state index contributed by atoms with van der Waals surface area (Å²) in [6.45, 7) is 40.0. The van der Waals surface area contributed by atoms with Crippen LogP contribution in [0.2, 0.25) is 0 Å². The van der Waals surface area contributed by atoms with Crippen LogP contribution in [0.1, 0.15) is 126 Å². The van der Waals surface area contributed by atoms with Gasteiger partial charge < -0.3 is 0 Å². The second-order valence-electron chi connectivity index (χ2n) is 12.0. The van der Waals surface area contributed by atoms with E-state index in [0.717, 1.165) is 6.67 Å². The van der Waals surface area contributed by atoms with E-state index < -0.39 is 0 Å². The lowest BCUT2D eigenvalue weighted by atomic mass is 10.2. The molecule has 0 atom stereocenters. The molecular formula is C31H74N4S2. The Hall–Kier alpha value is 0.540. The number of hydrogen-bond acceptors (Lipinski definition) is 6. The first-order chi connectivity index (χ1) is 16.0. The van der Waals surface area contributed by atoms with Gasteiger partial charge in [-0.1, -0.05) is 36.4 Å². The van der Waals surface area contributed by atoms with Crippen LogP contribution in [0, 0.1) is 0 Å². The Morgan fingerprint density at radius 2 is 0.541 bits per heavy atom. The molecule has 37 heavy (non-hydrogen) atoms. The van der Waals surface area contributed by atoms with Crippen LogP contribution < -0.4 is 0 Å². The Labute approximate surface area is 245 Å². The highest BCUT2D eigenvalue weighted by atomic mass is 33.1. The van der Waals surface area contributed by atoms with Crippen LogP contribution in [-0.4, -0.2) is 99.2 Å². The summed E-state index contributed by atoms with van der Waals surface area (Å²) in [6, 6.07) is 5.07. The molecule has 230 valence electrons. The van der Waals surface area contributed by atoms with Gasteiger partial charge in [0.15, 0.2) is 0 Å². The monoisotopic (exact) mass is 567 g/mol. The van der Waals surface area contributed by atoms with Gasteiger partial charge in [-0.15, -0.1) is 0 Å². The zero-order valence-corrected chi connectivity index (χ0v) is 28.4. The number of rotatable bonds is 17. The molecule has 0 fully saturated rings. The molecule has 0 aromatic carbocycles. The van der Waals surface area contributed by atoms with Crippen LogP contribution in [0.4, 0.5) is 0 Å². The first-order valence-corrected chi connectivity index (χ1v) is 16.8. The Morgan fingerprint density at radius 1 is 0.351 bits per heavy atom. The van der Waals surface area contributed by atoms with E-state index in [1.807, 2.05) is 21.6 Å². The van der Waals surface area contributed by atoms with E-state index in [1.165, 1.54) is 24.6 Å². The van der Waals surface area contributed by atoms with Crippen LogP contribution in [0.25, 0.3) is 0 Å². The lowest BCUT2D eigenvalue weighted by Gasteiger charge is -2.39. The lowest BCUT2D eigenvalue weighted by Crippen LogP contribution is -2.49. The highest BCUT2D eigenvalue weighted by Crippen LogP contribution is 2.22. The maximum atomic E-state index is 2.57. The van der Waals surface area contributed by atoms with Crippen molar-refractivity contribution in [2.45, 2.75) is 174 Å². The van der Waals surface area contributed by atoms with Crippen molar-refractivity contribution in [2.24, 2.45) is 0 Å². The molecule has 0 radical (unpaired) electrons. The SMILES string of the molecule is C.C.CC(C)N(CCSSCCN(C(C)C)C(C)C)C(C)C.CC(C)N(CN(C(C)C)C(C)C)C(C)C. The summed E-state index contributed by atoms with van der Waals surface area (Å²) in [5.74, 6) is 2.45. The molecule has 0 N–H and O–H groups in total. The van der Waals surface area contributed by atoms with Crippen molar-refractivity contribution in [3.8, 4) is 0 Å². The van der Waals surface area contributed by atoms with Gasteiger partial charge in [-0.3, -0.25) is 19.6 Å².